The summed E-state index contributed by atoms with van der Waals surface area (Å²) in [6.07, 6.45) is -0.943. The van der Waals surface area contributed by atoms with Crippen LogP contribution < -0.4 is 5.32 Å². The maximum atomic E-state index is 12.1. The Bertz CT molecular complexity index is 842. The van der Waals surface area contributed by atoms with Gasteiger partial charge in [-0.2, -0.15) is 5.26 Å². The molecule has 0 fully saturated rings. The smallest absolute Gasteiger partial charge is 0.408 e. The maximum Gasteiger partial charge on any atom is 0.408 e. The number of carbonyl (C=O) groups is 2. The fraction of sp³-hybridized carbons (Fsp3) is 0.286. The second kappa shape index (κ2) is 8.37. The quantitative estimate of drug-likeness (QED) is 0.794. The monoisotopic (exact) mass is 364 g/mol. The summed E-state index contributed by atoms with van der Waals surface area (Å²) < 4.78 is 10.2. The fourth-order valence-corrected chi connectivity index (χ4v) is 3.30. The number of benzene rings is 2. The SMILES string of the molecule is CCOC(=O)C[C@@H](C#N)NC(=O)OCC1c2ccccc2-c2ccccc21. The summed E-state index contributed by atoms with van der Waals surface area (Å²) in [4.78, 5) is 23.6. The zero-order valence-electron chi connectivity index (χ0n) is 15.0. The average Bonchev–Trinajstić information content (AvgIpc) is 3.00. The second-order valence-electron chi connectivity index (χ2n) is 6.16. The first-order chi connectivity index (χ1) is 13.1. The summed E-state index contributed by atoms with van der Waals surface area (Å²) in [6, 6.07) is 16.9. The molecule has 2 aromatic rings. The van der Waals surface area contributed by atoms with Gasteiger partial charge in [0.15, 0.2) is 0 Å². The molecule has 0 saturated carbocycles. The van der Waals surface area contributed by atoms with Crippen LogP contribution in [0.2, 0.25) is 0 Å². The van der Waals surface area contributed by atoms with Crippen LogP contribution in [-0.4, -0.2) is 31.3 Å². The molecule has 138 valence electrons. The fourth-order valence-electron chi connectivity index (χ4n) is 3.30. The van der Waals surface area contributed by atoms with Crippen molar-refractivity contribution < 1.29 is 19.1 Å². The third kappa shape index (κ3) is 4.09. The van der Waals surface area contributed by atoms with Crippen molar-refractivity contribution in [1.82, 2.24) is 5.32 Å². The van der Waals surface area contributed by atoms with Gasteiger partial charge in [-0.15, -0.1) is 0 Å². The number of hydrogen-bond donors (Lipinski definition) is 1. The molecular formula is C21H20N2O4. The molecule has 0 aromatic heterocycles. The highest BCUT2D eigenvalue weighted by molar-refractivity contribution is 5.79. The van der Waals surface area contributed by atoms with Crippen LogP contribution in [0.4, 0.5) is 4.79 Å². The molecule has 0 saturated heterocycles. The predicted octanol–water partition coefficient (Wildman–Crippen LogP) is 3.37. The highest BCUT2D eigenvalue weighted by Gasteiger charge is 2.29. The Hall–Kier alpha value is -3.33. The summed E-state index contributed by atoms with van der Waals surface area (Å²) >= 11 is 0. The number of hydrogen-bond acceptors (Lipinski definition) is 5. The lowest BCUT2D eigenvalue weighted by molar-refractivity contribution is -0.143. The summed E-state index contributed by atoms with van der Waals surface area (Å²) in [5.74, 6) is -0.600. The summed E-state index contributed by atoms with van der Waals surface area (Å²) in [6.45, 7) is 2.05. The van der Waals surface area contributed by atoms with Gasteiger partial charge < -0.3 is 14.8 Å². The number of esters is 1. The van der Waals surface area contributed by atoms with Gasteiger partial charge in [-0.3, -0.25) is 4.79 Å². The molecule has 6 heteroatoms. The first-order valence-corrected chi connectivity index (χ1v) is 8.80. The number of ether oxygens (including phenoxy) is 2. The highest BCUT2D eigenvalue weighted by atomic mass is 16.5. The number of rotatable bonds is 6. The Morgan fingerprint density at radius 3 is 2.22 bits per heavy atom. The molecule has 3 rings (SSSR count). The zero-order chi connectivity index (χ0) is 19.2. The number of nitrogens with one attached hydrogen (secondary N) is 1. The van der Waals surface area contributed by atoms with Crippen LogP contribution in [0, 0.1) is 11.3 Å². The van der Waals surface area contributed by atoms with Crippen molar-refractivity contribution in [2.45, 2.75) is 25.3 Å². The van der Waals surface area contributed by atoms with Gasteiger partial charge in [0.25, 0.3) is 0 Å². The number of carbonyl (C=O) groups excluding carboxylic acids is 2. The van der Waals surface area contributed by atoms with Crippen molar-refractivity contribution in [3.63, 3.8) is 0 Å². The molecule has 0 radical (unpaired) electrons. The first kappa shape index (κ1) is 18.5. The topological polar surface area (TPSA) is 88.4 Å². The Morgan fingerprint density at radius 2 is 1.67 bits per heavy atom. The van der Waals surface area contributed by atoms with Gasteiger partial charge in [0.2, 0.25) is 0 Å². The van der Waals surface area contributed by atoms with E-state index in [-0.39, 0.29) is 25.6 Å². The van der Waals surface area contributed by atoms with Crippen molar-refractivity contribution in [1.29, 1.82) is 5.26 Å². The normalized spacial score (nSPS) is 13.0. The van der Waals surface area contributed by atoms with Crippen LogP contribution in [-0.2, 0) is 14.3 Å². The van der Waals surface area contributed by atoms with E-state index in [2.05, 4.69) is 17.4 Å². The van der Waals surface area contributed by atoms with E-state index in [1.165, 1.54) is 0 Å². The van der Waals surface area contributed by atoms with E-state index < -0.39 is 18.1 Å². The molecule has 6 nitrogen and oxygen atoms in total. The first-order valence-electron chi connectivity index (χ1n) is 8.80. The maximum absolute atomic E-state index is 12.1. The molecule has 0 unspecified atom stereocenters. The number of fused-ring (bicyclic) bond motifs is 3. The van der Waals surface area contributed by atoms with Crippen LogP contribution >= 0.6 is 0 Å². The number of nitriles is 1. The average molecular weight is 364 g/mol. The number of nitrogens with zero attached hydrogens (tertiary/aromatic N) is 1. The molecule has 2 aromatic carbocycles. The van der Waals surface area contributed by atoms with E-state index in [0.717, 1.165) is 22.3 Å². The minimum Gasteiger partial charge on any atom is -0.466 e. The number of amides is 1. The molecule has 0 spiro atoms. The van der Waals surface area contributed by atoms with E-state index in [4.69, 9.17) is 14.7 Å². The second-order valence-corrected chi connectivity index (χ2v) is 6.16. The van der Waals surface area contributed by atoms with Gasteiger partial charge in [0.05, 0.1) is 19.1 Å². The molecule has 27 heavy (non-hydrogen) atoms. The van der Waals surface area contributed by atoms with Gasteiger partial charge in [0, 0.05) is 5.92 Å². The molecule has 0 heterocycles. The molecular weight excluding hydrogens is 344 g/mol. The van der Waals surface area contributed by atoms with Crippen molar-refractivity contribution in [3.05, 3.63) is 59.7 Å². The van der Waals surface area contributed by atoms with E-state index in [1.54, 1.807) is 6.92 Å². The molecule has 1 aliphatic carbocycles. The van der Waals surface area contributed by atoms with Crippen LogP contribution in [0.15, 0.2) is 48.5 Å². The molecule has 1 amide bonds. The lowest BCUT2D eigenvalue weighted by atomic mass is 9.98. The minimum absolute atomic E-state index is 0.0613. The Kier molecular flexibility index (Phi) is 5.72. The third-order valence-electron chi connectivity index (χ3n) is 4.47. The van der Waals surface area contributed by atoms with E-state index in [1.807, 2.05) is 42.5 Å². The zero-order valence-corrected chi connectivity index (χ0v) is 15.0. The molecule has 0 bridgehead atoms. The van der Waals surface area contributed by atoms with Gasteiger partial charge in [-0.25, -0.2) is 4.79 Å². The lowest BCUT2D eigenvalue weighted by Gasteiger charge is -2.16. The van der Waals surface area contributed by atoms with Gasteiger partial charge in [0.1, 0.15) is 12.6 Å². The van der Waals surface area contributed by atoms with Crippen molar-refractivity contribution in [3.8, 4) is 17.2 Å². The van der Waals surface area contributed by atoms with Crippen molar-refractivity contribution in [2.24, 2.45) is 0 Å². The highest BCUT2D eigenvalue weighted by Crippen LogP contribution is 2.44. The van der Waals surface area contributed by atoms with Crippen LogP contribution in [0.3, 0.4) is 0 Å². The molecule has 1 aliphatic rings. The Morgan fingerprint density at radius 1 is 1.07 bits per heavy atom. The van der Waals surface area contributed by atoms with E-state index in [0.29, 0.717) is 0 Å². The van der Waals surface area contributed by atoms with Crippen LogP contribution in [0.5, 0.6) is 0 Å². The summed E-state index contributed by atoms with van der Waals surface area (Å²) in [7, 11) is 0. The molecule has 1 atom stereocenters. The molecule has 1 N–H and O–H groups in total. The van der Waals surface area contributed by atoms with Crippen molar-refractivity contribution in [2.75, 3.05) is 13.2 Å². The molecule has 0 aliphatic heterocycles. The lowest BCUT2D eigenvalue weighted by Crippen LogP contribution is -2.36. The van der Waals surface area contributed by atoms with Gasteiger partial charge in [-0.1, -0.05) is 48.5 Å². The van der Waals surface area contributed by atoms with E-state index in [9.17, 15) is 9.59 Å². The predicted molar refractivity (Wildman–Crippen MR) is 98.9 cm³/mol. The van der Waals surface area contributed by atoms with Gasteiger partial charge in [-0.05, 0) is 29.2 Å². The number of alkyl carbamates (subject to hydrolysis) is 1. The largest absolute Gasteiger partial charge is 0.466 e. The van der Waals surface area contributed by atoms with Crippen LogP contribution in [0.25, 0.3) is 11.1 Å². The van der Waals surface area contributed by atoms with Gasteiger partial charge >= 0.3 is 12.1 Å². The third-order valence-corrected chi connectivity index (χ3v) is 4.47. The van der Waals surface area contributed by atoms with E-state index >= 15 is 0 Å². The van der Waals surface area contributed by atoms with Crippen molar-refractivity contribution >= 4 is 12.1 Å². The Balaban J connectivity index is 1.64. The summed E-state index contributed by atoms with van der Waals surface area (Å²) in [5, 5.41) is 11.5. The summed E-state index contributed by atoms with van der Waals surface area (Å²) in [5.41, 5.74) is 4.49. The van der Waals surface area contributed by atoms with Crippen LogP contribution in [0.1, 0.15) is 30.4 Å². The minimum atomic E-state index is -0.986. The Labute approximate surface area is 157 Å². The standard InChI is InChI=1S/C21H20N2O4/c1-2-26-20(24)11-14(12-22)23-21(25)27-13-19-17-9-5-3-7-15(17)16-8-4-6-10-18(16)19/h3-10,14,19H,2,11,13H2,1H3,(H,23,25)/t14-/m0/s1.